The lowest BCUT2D eigenvalue weighted by Crippen LogP contribution is -2.28. The van der Waals surface area contributed by atoms with Crippen LogP contribution in [0, 0.1) is 5.82 Å². The number of rotatable bonds is 8. The van der Waals surface area contributed by atoms with E-state index >= 15 is 0 Å². The largest absolute Gasteiger partial charge is 0.341 e. The van der Waals surface area contributed by atoms with Crippen molar-refractivity contribution in [1.82, 2.24) is 20.6 Å². The standard InChI is InChI=1S/C21H27FN4/c1-14(2)23-12-17-6-4-16(5-7-17)10-15(3)24-13-21-25-19-9-8-18(22)11-20(19)26-21/h4-9,11,14-15,23-24H,10,12-13H2,1-3H3,(H,25,26). The molecule has 0 fully saturated rings. The monoisotopic (exact) mass is 354 g/mol. The number of benzene rings is 2. The lowest BCUT2D eigenvalue weighted by atomic mass is 10.0. The molecule has 0 saturated carbocycles. The zero-order valence-corrected chi connectivity index (χ0v) is 15.6. The number of halogens is 1. The summed E-state index contributed by atoms with van der Waals surface area (Å²) in [5.74, 6) is 0.566. The Kier molecular flexibility index (Phi) is 6.01. The topological polar surface area (TPSA) is 52.7 Å². The van der Waals surface area contributed by atoms with Gasteiger partial charge in [0, 0.05) is 24.7 Å². The van der Waals surface area contributed by atoms with E-state index < -0.39 is 0 Å². The fourth-order valence-corrected chi connectivity index (χ4v) is 2.93. The third-order valence-corrected chi connectivity index (χ3v) is 4.39. The van der Waals surface area contributed by atoms with Gasteiger partial charge in [0.1, 0.15) is 11.6 Å². The molecule has 0 aliphatic rings. The first kappa shape index (κ1) is 18.5. The molecule has 0 amide bonds. The van der Waals surface area contributed by atoms with Crippen LogP contribution in [0.15, 0.2) is 42.5 Å². The molecule has 3 N–H and O–H groups in total. The van der Waals surface area contributed by atoms with Crippen LogP contribution >= 0.6 is 0 Å². The van der Waals surface area contributed by atoms with E-state index in [2.05, 4.69) is 65.6 Å². The Hall–Kier alpha value is -2.24. The first-order chi connectivity index (χ1) is 12.5. The van der Waals surface area contributed by atoms with Gasteiger partial charge in [-0.1, -0.05) is 38.1 Å². The van der Waals surface area contributed by atoms with E-state index in [0.29, 0.717) is 24.1 Å². The SMILES string of the molecule is CC(C)NCc1ccc(CC(C)NCc2nc3cc(F)ccc3[nH]2)cc1. The molecule has 4 nitrogen and oxygen atoms in total. The highest BCUT2D eigenvalue weighted by atomic mass is 19.1. The molecule has 1 heterocycles. The molecule has 3 rings (SSSR count). The molecule has 138 valence electrons. The van der Waals surface area contributed by atoms with Crippen molar-refractivity contribution < 1.29 is 4.39 Å². The van der Waals surface area contributed by atoms with Gasteiger partial charge < -0.3 is 15.6 Å². The second-order valence-electron chi connectivity index (χ2n) is 7.18. The zero-order chi connectivity index (χ0) is 18.5. The van der Waals surface area contributed by atoms with Crippen LogP contribution in [0.25, 0.3) is 11.0 Å². The molecular formula is C21H27FN4. The number of imidazole rings is 1. The Bertz CT molecular complexity index is 839. The van der Waals surface area contributed by atoms with Gasteiger partial charge in [0.25, 0.3) is 0 Å². The highest BCUT2D eigenvalue weighted by molar-refractivity contribution is 5.74. The molecule has 1 aromatic heterocycles. The maximum Gasteiger partial charge on any atom is 0.125 e. The summed E-state index contributed by atoms with van der Waals surface area (Å²) in [6, 6.07) is 14.2. The molecule has 5 heteroatoms. The Morgan fingerprint density at radius 2 is 1.69 bits per heavy atom. The summed E-state index contributed by atoms with van der Waals surface area (Å²) < 4.78 is 13.2. The molecule has 2 aromatic carbocycles. The normalized spacial score (nSPS) is 12.8. The van der Waals surface area contributed by atoms with Crippen LogP contribution in [0.1, 0.15) is 37.7 Å². The molecule has 0 saturated heterocycles. The third kappa shape index (κ3) is 5.13. The Labute approximate surface area is 154 Å². The number of H-pyrrole nitrogens is 1. The Morgan fingerprint density at radius 1 is 0.962 bits per heavy atom. The summed E-state index contributed by atoms with van der Waals surface area (Å²) in [7, 11) is 0. The number of nitrogens with zero attached hydrogens (tertiary/aromatic N) is 1. The van der Waals surface area contributed by atoms with Crippen LogP contribution < -0.4 is 10.6 Å². The summed E-state index contributed by atoms with van der Waals surface area (Å²) in [5, 5.41) is 6.91. The predicted molar refractivity (Wildman–Crippen MR) is 104 cm³/mol. The average Bonchev–Trinajstić information content (AvgIpc) is 3.01. The van der Waals surface area contributed by atoms with E-state index in [4.69, 9.17) is 0 Å². The Morgan fingerprint density at radius 3 is 2.42 bits per heavy atom. The fraction of sp³-hybridized carbons (Fsp3) is 0.381. The minimum atomic E-state index is -0.260. The number of hydrogen-bond donors (Lipinski definition) is 3. The van der Waals surface area contributed by atoms with Crippen molar-refractivity contribution in [2.45, 2.75) is 52.4 Å². The minimum absolute atomic E-state index is 0.260. The van der Waals surface area contributed by atoms with Crippen LogP contribution in [0.5, 0.6) is 0 Å². The first-order valence-electron chi connectivity index (χ1n) is 9.18. The van der Waals surface area contributed by atoms with Crippen LogP contribution in [-0.2, 0) is 19.5 Å². The highest BCUT2D eigenvalue weighted by Gasteiger charge is 2.07. The van der Waals surface area contributed by atoms with E-state index in [1.54, 1.807) is 6.07 Å². The third-order valence-electron chi connectivity index (χ3n) is 4.39. The van der Waals surface area contributed by atoms with Crippen molar-refractivity contribution in [2.75, 3.05) is 0 Å². The van der Waals surface area contributed by atoms with Crippen LogP contribution in [-0.4, -0.2) is 22.1 Å². The second-order valence-corrected chi connectivity index (χ2v) is 7.18. The van der Waals surface area contributed by atoms with Gasteiger partial charge in [0.2, 0.25) is 0 Å². The first-order valence-corrected chi connectivity index (χ1v) is 9.18. The number of fused-ring (bicyclic) bond motifs is 1. The summed E-state index contributed by atoms with van der Waals surface area (Å²) in [4.78, 5) is 7.66. The van der Waals surface area contributed by atoms with Crippen molar-refractivity contribution >= 4 is 11.0 Å². The van der Waals surface area contributed by atoms with Crippen LogP contribution in [0.4, 0.5) is 4.39 Å². The number of hydrogen-bond acceptors (Lipinski definition) is 3. The van der Waals surface area contributed by atoms with Gasteiger partial charge in [-0.05, 0) is 36.6 Å². The van der Waals surface area contributed by atoms with Crippen molar-refractivity contribution in [3.63, 3.8) is 0 Å². The van der Waals surface area contributed by atoms with Gasteiger partial charge in [-0.2, -0.15) is 0 Å². The van der Waals surface area contributed by atoms with E-state index in [1.807, 2.05) is 0 Å². The van der Waals surface area contributed by atoms with E-state index in [1.165, 1.54) is 23.3 Å². The van der Waals surface area contributed by atoms with Crippen LogP contribution in [0.3, 0.4) is 0 Å². The van der Waals surface area contributed by atoms with Gasteiger partial charge in [0.05, 0.1) is 17.6 Å². The van der Waals surface area contributed by atoms with Crippen molar-refractivity contribution in [3.8, 4) is 0 Å². The van der Waals surface area contributed by atoms with Gasteiger partial charge >= 0.3 is 0 Å². The van der Waals surface area contributed by atoms with Crippen molar-refractivity contribution in [2.24, 2.45) is 0 Å². The molecule has 26 heavy (non-hydrogen) atoms. The summed E-state index contributed by atoms with van der Waals surface area (Å²) in [6.07, 6.45) is 0.951. The molecule has 1 unspecified atom stereocenters. The molecule has 0 radical (unpaired) electrons. The Balaban J connectivity index is 1.50. The quantitative estimate of drug-likeness (QED) is 0.575. The maximum absolute atomic E-state index is 13.2. The number of nitrogens with one attached hydrogen (secondary N) is 3. The molecule has 0 aliphatic carbocycles. The zero-order valence-electron chi connectivity index (χ0n) is 15.6. The molecule has 3 aromatic rings. The molecule has 0 spiro atoms. The molecular weight excluding hydrogens is 327 g/mol. The minimum Gasteiger partial charge on any atom is -0.341 e. The fourth-order valence-electron chi connectivity index (χ4n) is 2.93. The van der Waals surface area contributed by atoms with Gasteiger partial charge in [-0.25, -0.2) is 9.37 Å². The van der Waals surface area contributed by atoms with Gasteiger partial charge in [-0.15, -0.1) is 0 Å². The van der Waals surface area contributed by atoms with Gasteiger partial charge in [0.15, 0.2) is 0 Å². The lowest BCUT2D eigenvalue weighted by Gasteiger charge is -2.14. The van der Waals surface area contributed by atoms with E-state index in [0.717, 1.165) is 24.3 Å². The highest BCUT2D eigenvalue weighted by Crippen LogP contribution is 2.13. The summed E-state index contributed by atoms with van der Waals surface area (Å²) in [5.41, 5.74) is 4.14. The van der Waals surface area contributed by atoms with Crippen molar-refractivity contribution in [3.05, 3.63) is 65.2 Å². The maximum atomic E-state index is 13.2. The molecule has 0 bridgehead atoms. The number of aromatic nitrogens is 2. The summed E-state index contributed by atoms with van der Waals surface area (Å²) >= 11 is 0. The predicted octanol–water partition coefficient (Wildman–Crippen LogP) is 3.92. The van der Waals surface area contributed by atoms with Gasteiger partial charge in [-0.3, -0.25) is 0 Å². The molecule has 0 aliphatic heterocycles. The number of aromatic amines is 1. The van der Waals surface area contributed by atoms with E-state index in [9.17, 15) is 4.39 Å². The lowest BCUT2D eigenvalue weighted by molar-refractivity contribution is 0.535. The van der Waals surface area contributed by atoms with Crippen molar-refractivity contribution in [1.29, 1.82) is 0 Å². The molecule has 1 atom stereocenters. The van der Waals surface area contributed by atoms with E-state index in [-0.39, 0.29) is 5.82 Å². The average molecular weight is 354 g/mol. The smallest absolute Gasteiger partial charge is 0.125 e. The second kappa shape index (κ2) is 8.43. The summed E-state index contributed by atoms with van der Waals surface area (Å²) in [6.45, 7) is 8.00. The van der Waals surface area contributed by atoms with Crippen LogP contribution in [0.2, 0.25) is 0 Å².